The van der Waals surface area contributed by atoms with E-state index in [1.807, 2.05) is 12.1 Å². The van der Waals surface area contributed by atoms with Gasteiger partial charge in [-0.15, -0.1) is 0 Å². The van der Waals surface area contributed by atoms with Gasteiger partial charge in [-0.1, -0.05) is 108 Å². The van der Waals surface area contributed by atoms with Crippen LogP contribution in [-0.4, -0.2) is 5.97 Å². The van der Waals surface area contributed by atoms with E-state index in [0.29, 0.717) is 5.56 Å². The van der Waals surface area contributed by atoms with Crippen molar-refractivity contribution in [2.45, 2.75) is 96.8 Å². The Hall–Kier alpha value is -1.31. The maximum Gasteiger partial charge on any atom is 0.0718 e. The van der Waals surface area contributed by atoms with E-state index in [9.17, 15) is 9.90 Å². The Morgan fingerprint density at radius 3 is 1.71 bits per heavy atom. The number of rotatable bonds is 15. The van der Waals surface area contributed by atoms with Crippen LogP contribution in [0.2, 0.25) is 0 Å². The number of carboxylic acid groups (broad SMARTS) is 1. The number of carbonyl (C=O) groups is 1. The molecule has 0 unspecified atom stereocenters. The molecule has 0 aliphatic carbocycles. The second-order valence-electron chi connectivity index (χ2n) is 6.94. The molecule has 0 amide bonds. The lowest BCUT2D eigenvalue weighted by Gasteiger charge is -2.09. The molecular formula is C22H35O2-. The fraction of sp³-hybridized carbons (Fsp3) is 0.682. The Morgan fingerprint density at radius 1 is 0.750 bits per heavy atom. The molecule has 1 aromatic rings. The van der Waals surface area contributed by atoms with Crippen LogP contribution in [0.15, 0.2) is 24.3 Å². The third-order valence-corrected chi connectivity index (χ3v) is 4.79. The molecule has 2 heteroatoms. The fourth-order valence-corrected chi connectivity index (χ4v) is 3.27. The second-order valence-corrected chi connectivity index (χ2v) is 6.94. The van der Waals surface area contributed by atoms with Gasteiger partial charge < -0.3 is 9.90 Å². The van der Waals surface area contributed by atoms with Crippen LogP contribution in [-0.2, 0) is 6.42 Å². The molecule has 0 bridgehead atoms. The average molecular weight is 332 g/mol. The van der Waals surface area contributed by atoms with Crippen LogP contribution in [0.5, 0.6) is 0 Å². The highest BCUT2D eigenvalue weighted by molar-refractivity contribution is 5.87. The lowest BCUT2D eigenvalue weighted by atomic mass is 10.00. The van der Waals surface area contributed by atoms with Crippen LogP contribution in [0.4, 0.5) is 0 Å². The molecule has 0 spiro atoms. The van der Waals surface area contributed by atoms with Crippen LogP contribution in [0, 0.1) is 0 Å². The maximum atomic E-state index is 11.0. The van der Waals surface area contributed by atoms with Gasteiger partial charge in [0.05, 0.1) is 5.97 Å². The van der Waals surface area contributed by atoms with Crippen molar-refractivity contribution in [2.24, 2.45) is 0 Å². The number of aromatic carboxylic acids is 1. The molecule has 0 aromatic heterocycles. The lowest BCUT2D eigenvalue weighted by Crippen LogP contribution is -2.23. The molecule has 2 nitrogen and oxygen atoms in total. The van der Waals surface area contributed by atoms with E-state index in [0.717, 1.165) is 18.4 Å². The van der Waals surface area contributed by atoms with Crippen molar-refractivity contribution in [3.63, 3.8) is 0 Å². The van der Waals surface area contributed by atoms with E-state index in [1.54, 1.807) is 12.1 Å². The van der Waals surface area contributed by atoms with Gasteiger partial charge in [0.2, 0.25) is 0 Å². The number of hydrogen-bond donors (Lipinski definition) is 0. The zero-order valence-corrected chi connectivity index (χ0v) is 15.5. The van der Waals surface area contributed by atoms with Crippen molar-refractivity contribution < 1.29 is 9.90 Å². The number of aryl methyl sites for hydroxylation is 1. The molecule has 136 valence electrons. The standard InChI is InChI=1S/C22H36O2/c1-2-3-4-5-6-7-8-9-10-11-12-13-14-17-20-18-15-16-19-21(20)22(23)24/h15-16,18-19H,2-14,17H2,1H3,(H,23,24)/p-1. The van der Waals surface area contributed by atoms with Crippen molar-refractivity contribution in [1.82, 2.24) is 0 Å². The van der Waals surface area contributed by atoms with Crippen molar-refractivity contribution in [1.29, 1.82) is 0 Å². The first-order valence-electron chi connectivity index (χ1n) is 10.0. The second kappa shape index (κ2) is 14.1. The van der Waals surface area contributed by atoms with Gasteiger partial charge in [-0.3, -0.25) is 0 Å². The molecule has 0 saturated carbocycles. The van der Waals surface area contributed by atoms with E-state index < -0.39 is 5.97 Å². The van der Waals surface area contributed by atoms with E-state index >= 15 is 0 Å². The Kier molecular flexibility index (Phi) is 12.2. The van der Waals surface area contributed by atoms with Crippen LogP contribution in [0.25, 0.3) is 0 Å². The van der Waals surface area contributed by atoms with Gasteiger partial charge in [-0.05, 0) is 18.4 Å². The zero-order valence-electron chi connectivity index (χ0n) is 15.5. The number of carboxylic acids is 1. The summed E-state index contributed by atoms with van der Waals surface area (Å²) in [6, 6.07) is 7.22. The third kappa shape index (κ3) is 9.75. The Morgan fingerprint density at radius 2 is 1.21 bits per heavy atom. The first-order chi connectivity index (χ1) is 11.8. The molecule has 1 rings (SSSR count). The summed E-state index contributed by atoms with van der Waals surface area (Å²) in [6.45, 7) is 2.27. The minimum atomic E-state index is -1.06. The lowest BCUT2D eigenvalue weighted by molar-refractivity contribution is -0.255. The minimum absolute atomic E-state index is 0.358. The summed E-state index contributed by atoms with van der Waals surface area (Å²) in [5, 5.41) is 11.0. The smallest absolute Gasteiger partial charge is 0.0718 e. The summed E-state index contributed by atoms with van der Waals surface area (Å²) < 4.78 is 0. The summed E-state index contributed by atoms with van der Waals surface area (Å²) >= 11 is 0. The monoisotopic (exact) mass is 331 g/mol. The van der Waals surface area contributed by atoms with Gasteiger partial charge >= 0.3 is 0 Å². The molecule has 1 aromatic carbocycles. The Bertz CT molecular complexity index is 439. The SMILES string of the molecule is CCCCCCCCCCCCCCCc1ccccc1C(=O)[O-]. The summed E-state index contributed by atoms with van der Waals surface area (Å²) in [5.74, 6) is -1.06. The number of hydrogen-bond acceptors (Lipinski definition) is 2. The normalized spacial score (nSPS) is 10.9. The predicted molar refractivity (Wildman–Crippen MR) is 100 cm³/mol. The predicted octanol–water partition coefficient (Wildman–Crippen LogP) is 5.68. The number of unbranched alkanes of at least 4 members (excludes halogenated alkanes) is 12. The summed E-state index contributed by atoms with van der Waals surface area (Å²) in [5.41, 5.74) is 1.28. The Balaban J connectivity index is 1.93. The summed E-state index contributed by atoms with van der Waals surface area (Å²) in [4.78, 5) is 11.0. The van der Waals surface area contributed by atoms with Crippen molar-refractivity contribution >= 4 is 5.97 Å². The fourth-order valence-electron chi connectivity index (χ4n) is 3.27. The van der Waals surface area contributed by atoms with Crippen molar-refractivity contribution in [3.8, 4) is 0 Å². The van der Waals surface area contributed by atoms with E-state index in [4.69, 9.17) is 0 Å². The summed E-state index contributed by atoms with van der Waals surface area (Å²) in [6.07, 6.45) is 18.2. The van der Waals surface area contributed by atoms with Gasteiger partial charge in [0, 0.05) is 5.56 Å². The zero-order chi connectivity index (χ0) is 17.5. The molecule has 0 aliphatic heterocycles. The van der Waals surface area contributed by atoms with E-state index in [2.05, 4.69) is 6.92 Å². The van der Waals surface area contributed by atoms with Crippen molar-refractivity contribution in [3.05, 3.63) is 35.4 Å². The van der Waals surface area contributed by atoms with Crippen LogP contribution in [0.1, 0.15) is 106 Å². The van der Waals surface area contributed by atoms with Crippen LogP contribution >= 0.6 is 0 Å². The largest absolute Gasteiger partial charge is 0.545 e. The van der Waals surface area contributed by atoms with Gasteiger partial charge in [-0.25, -0.2) is 0 Å². The summed E-state index contributed by atoms with van der Waals surface area (Å²) in [7, 11) is 0. The Labute approximate surface area is 148 Å². The van der Waals surface area contributed by atoms with Crippen LogP contribution < -0.4 is 5.11 Å². The molecule has 0 aliphatic rings. The topological polar surface area (TPSA) is 40.1 Å². The van der Waals surface area contributed by atoms with Gasteiger partial charge in [0.1, 0.15) is 0 Å². The van der Waals surface area contributed by atoms with Gasteiger partial charge in [0.25, 0.3) is 0 Å². The first kappa shape index (κ1) is 20.7. The van der Waals surface area contributed by atoms with Crippen LogP contribution in [0.3, 0.4) is 0 Å². The quantitative estimate of drug-likeness (QED) is 0.388. The highest BCUT2D eigenvalue weighted by Gasteiger charge is 2.02. The molecule has 0 radical (unpaired) electrons. The number of carbonyl (C=O) groups excluding carboxylic acids is 1. The third-order valence-electron chi connectivity index (χ3n) is 4.79. The molecule has 24 heavy (non-hydrogen) atoms. The number of benzene rings is 1. The molecule has 0 N–H and O–H groups in total. The first-order valence-corrected chi connectivity index (χ1v) is 10.0. The van der Waals surface area contributed by atoms with E-state index in [-0.39, 0.29) is 0 Å². The minimum Gasteiger partial charge on any atom is -0.545 e. The highest BCUT2D eigenvalue weighted by atomic mass is 16.4. The van der Waals surface area contributed by atoms with Crippen molar-refractivity contribution in [2.75, 3.05) is 0 Å². The molecule has 0 fully saturated rings. The maximum absolute atomic E-state index is 11.0. The van der Waals surface area contributed by atoms with Gasteiger partial charge in [-0.2, -0.15) is 0 Å². The van der Waals surface area contributed by atoms with E-state index in [1.165, 1.54) is 77.0 Å². The molecular weight excluding hydrogens is 296 g/mol. The molecule has 0 saturated heterocycles. The molecule has 0 heterocycles. The highest BCUT2D eigenvalue weighted by Crippen LogP contribution is 2.15. The average Bonchev–Trinajstić information content (AvgIpc) is 2.59. The van der Waals surface area contributed by atoms with Gasteiger partial charge in [0.15, 0.2) is 0 Å². The molecule has 0 atom stereocenters.